The Morgan fingerprint density at radius 1 is 1.37 bits per heavy atom. The van der Waals surface area contributed by atoms with Crippen molar-refractivity contribution in [1.82, 2.24) is 0 Å². The van der Waals surface area contributed by atoms with Gasteiger partial charge in [-0.25, -0.2) is 4.79 Å². The number of aliphatic hydroxyl groups is 2. The van der Waals surface area contributed by atoms with E-state index in [0.29, 0.717) is 17.5 Å². The highest BCUT2D eigenvalue weighted by Gasteiger charge is 2.29. The zero-order valence-electron chi connectivity index (χ0n) is 11.1. The number of benzene rings is 1. The largest absolute Gasteiger partial charge is 0.461 e. The van der Waals surface area contributed by atoms with E-state index in [1.807, 2.05) is 13.0 Å². The maximum absolute atomic E-state index is 12.0. The second-order valence-corrected chi connectivity index (χ2v) is 4.54. The van der Waals surface area contributed by atoms with Crippen molar-refractivity contribution >= 4 is 12.0 Å². The van der Waals surface area contributed by atoms with Crippen molar-refractivity contribution < 1.29 is 19.7 Å². The van der Waals surface area contributed by atoms with Gasteiger partial charge in [0, 0.05) is 0 Å². The van der Waals surface area contributed by atoms with Crippen LogP contribution in [0.3, 0.4) is 0 Å². The van der Waals surface area contributed by atoms with Gasteiger partial charge in [0.1, 0.15) is 6.61 Å². The Kier molecular flexibility index (Phi) is 5.73. The van der Waals surface area contributed by atoms with Crippen molar-refractivity contribution in [3.63, 3.8) is 0 Å². The summed E-state index contributed by atoms with van der Waals surface area (Å²) in [4.78, 5) is 12.0. The lowest BCUT2D eigenvalue weighted by Crippen LogP contribution is -2.35. The molecule has 1 aromatic rings. The Hall–Kier alpha value is -1.65. The first-order valence-corrected chi connectivity index (χ1v) is 6.22. The molecule has 0 aliphatic heterocycles. The molecule has 0 aliphatic carbocycles. The zero-order valence-corrected chi connectivity index (χ0v) is 11.1. The summed E-state index contributed by atoms with van der Waals surface area (Å²) < 4.78 is 5.20. The van der Waals surface area contributed by atoms with Gasteiger partial charge < -0.3 is 14.9 Å². The number of carbonyl (C=O) groups is 1. The van der Waals surface area contributed by atoms with E-state index >= 15 is 0 Å². The highest BCUT2D eigenvalue weighted by molar-refractivity contribution is 5.93. The molecule has 104 valence electrons. The van der Waals surface area contributed by atoms with Gasteiger partial charge in [-0.3, -0.25) is 0 Å². The van der Waals surface area contributed by atoms with Crippen LogP contribution in [0.1, 0.15) is 29.3 Å². The zero-order chi connectivity index (χ0) is 14.3. The molecule has 0 unspecified atom stereocenters. The van der Waals surface area contributed by atoms with Crippen molar-refractivity contribution in [3.8, 4) is 0 Å². The predicted molar refractivity (Wildman–Crippen MR) is 73.7 cm³/mol. The molecule has 1 aromatic carbocycles. The van der Waals surface area contributed by atoms with Crippen molar-refractivity contribution in [2.45, 2.75) is 13.3 Å². The van der Waals surface area contributed by atoms with E-state index in [4.69, 9.17) is 4.74 Å². The monoisotopic (exact) mass is 264 g/mol. The van der Waals surface area contributed by atoms with Gasteiger partial charge in [-0.2, -0.15) is 0 Å². The smallest absolute Gasteiger partial charge is 0.338 e. The number of hydrogen-bond acceptors (Lipinski definition) is 4. The molecular formula is C15H20O4. The summed E-state index contributed by atoms with van der Waals surface area (Å²) in [5, 5.41) is 18.6. The molecule has 0 saturated carbocycles. The summed E-state index contributed by atoms with van der Waals surface area (Å²) in [6.45, 7) is 5.01. The van der Waals surface area contributed by atoms with Crippen molar-refractivity contribution in [3.05, 3.63) is 42.0 Å². The van der Waals surface area contributed by atoms with Gasteiger partial charge in [-0.15, -0.1) is 0 Å². The van der Waals surface area contributed by atoms with E-state index < -0.39 is 11.4 Å². The Bertz CT molecular complexity index is 427. The van der Waals surface area contributed by atoms with Crippen LogP contribution in [0.4, 0.5) is 0 Å². The SMILES string of the molecule is C=Cc1ccccc1C(=O)OCC(CC)(CO)CO. The molecule has 0 aromatic heterocycles. The Labute approximate surface area is 113 Å². The van der Waals surface area contributed by atoms with E-state index in [1.54, 1.807) is 24.3 Å². The summed E-state index contributed by atoms with van der Waals surface area (Å²) in [7, 11) is 0. The lowest BCUT2D eigenvalue weighted by molar-refractivity contribution is -0.0177. The first kappa shape index (κ1) is 15.4. The molecule has 1 rings (SSSR count). The van der Waals surface area contributed by atoms with Crippen LogP contribution < -0.4 is 0 Å². The fourth-order valence-corrected chi connectivity index (χ4v) is 1.62. The standard InChI is InChI=1S/C15H20O4/c1-3-12-7-5-6-8-13(12)14(18)19-11-15(4-2,9-16)10-17/h3,5-8,16-17H,1,4,9-11H2,2H3. The minimum absolute atomic E-state index is 0.0131. The molecule has 0 saturated heterocycles. The number of rotatable bonds is 7. The summed E-state index contributed by atoms with van der Waals surface area (Å²) in [6, 6.07) is 6.99. The molecular weight excluding hydrogens is 244 g/mol. The van der Waals surface area contributed by atoms with Gasteiger partial charge in [0.25, 0.3) is 0 Å². The fraction of sp³-hybridized carbons (Fsp3) is 0.400. The van der Waals surface area contributed by atoms with Crippen LogP contribution in [0.15, 0.2) is 30.8 Å². The molecule has 0 amide bonds. The second kappa shape index (κ2) is 7.07. The number of carbonyl (C=O) groups excluding carboxylic acids is 1. The van der Waals surface area contributed by atoms with Gasteiger partial charge in [0.05, 0.1) is 24.2 Å². The predicted octanol–water partition coefficient (Wildman–Crippen LogP) is 1.87. The van der Waals surface area contributed by atoms with Gasteiger partial charge in [0.15, 0.2) is 0 Å². The Morgan fingerprint density at radius 2 is 2.00 bits per heavy atom. The lowest BCUT2D eigenvalue weighted by atomic mass is 9.88. The van der Waals surface area contributed by atoms with Crippen LogP contribution in [0, 0.1) is 5.41 Å². The number of aliphatic hydroxyl groups excluding tert-OH is 2. The maximum Gasteiger partial charge on any atom is 0.338 e. The highest BCUT2D eigenvalue weighted by atomic mass is 16.5. The van der Waals surface area contributed by atoms with Gasteiger partial charge in [0.2, 0.25) is 0 Å². The third-order valence-corrected chi connectivity index (χ3v) is 3.33. The van der Waals surface area contributed by atoms with Crippen LogP contribution in [0.25, 0.3) is 6.08 Å². The van der Waals surface area contributed by atoms with Crippen molar-refractivity contribution in [2.75, 3.05) is 19.8 Å². The van der Waals surface area contributed by atoms with Crippen LogP contribution >= 0.6 is 0 Å². The van der Waals surface area contributed by atoms with E-state index in [0.717, 1.165) is 0 Å². The number of hydrogen-bond donors (Lipinski definition) is 2. The van der Waals surface area contributed by atoms with Crippen molar-refractivity contribution in [1.29, 1.82) is 0 Å². The topological polar surface area (TPSA) is 66.8 Å². The molecule has 4 heteroatoms. The molecule has 4 nitrogen and oxygen atoms in total. The molecule has 0 heterocycles. The van der Waals surface area contributed by atoms with Gasteiger partial charge >= 0.3 is 5.97 Å². The minimum Gasteiger partial charge on any atom is -0.461 e. The average molecular weight is 264 g/mol. The maximum atomic E-state index is 12.0. The molecule has 0 spiro atoms. The van der Waals surface area contributed by atoms with E-state index in [2.05, 4.69) is 6.58 Å². The highest BCUT2D eigenvalue weighted by Crippen LogP contribution is 2.22. The van der Waals surface area contributed by atoms with Crippen LogP contribution in [-0.4, -0.2) is 36.0 Å². The van der Waals surface area contributed by atoms with Crippen LogP contribution in [0.5, 0.6) is 0 Å². The first-order chi connectivity index (χ1) is 9.12. The van der Waals surface area contributed by atoms with E-state index in [-0.39, 0.29) is 19.8 Å². The summed E-state index contributed by atoms with van der Waals surface area (Å²) in [6.07, 6.45) is 2.11. The molecule has 2 N–H and O–H groups in total. The fourth-order valence-electron chi connectivity index (χ4n) is 1.62. The molecule has 0 fully saturated rings. The normalized spacial score (nSPS) is 11.1. The van der Waals surface area contributed by atoms with E-state index in [1.165, 1.54) is 0 Å². The van der Waals surface area contributed by atoms with Crippen LogP contribution in [0.2, 0.25) is 0 Å². The van der Waals surface area contributed by atoms with Crippen LogP contribution in [-0.2, 0) is 4.74 Å². The summed E-state index contributed by atoms with van der Waals surface area (Å²) >= 11 is 0. The number of esters is 1. The van der Waals surface area contributed by atoms with Gasteiger partial charge in [-0.05, 0) is 18.1 Å². The Balaban J connectivity index is 2.77. The number of ether oxygens (including phenoxy) is 1. The lowest BCUT2D eigenvalue weighted by Gasteiger charge is -2.27. The second-order valence-electron chi connectivity index (χ2n) is 4.54. The minimum atomic E-state index is -0.779. The molecule has 0 atom stereocenters. The van der Waals surface area contributed by atoms with Crippen molar-refractivity contribution in [2.24, 2.45) is 5.41 Å². The molecule has 0 bridgehead atoms. The average Bonchev–Trinajstić information content (AvgIpc) is 2.49. The Morgan fingerprint density at radius 3 is 2.53 bits per heavy atom. The molecule has 19 heavy (non-hydrogen) atoms. The quantitative estimate of drug-likeness (QED) is 0.738. The third-order valence-electron chi connectivity index (χ3n) is 3.33. The molecule has 0 radical (unpaired) electrons. The van der Waals surface area contributed by atoms with E-state index in [9.17, 15) is 15.0 Å². The first-order valence-electron chi connectivity index (χ1n) is 6.22. The van der Waals surface area contributed by atoms with Gasteiger partial charge in [-0.1, -0.05) is 37.8 Å². The summed E-state index contributed by atoms with van der Waals surface area (Å²) in [5.74, 6) is -0.477. The third kappa shape index (κ3) is 3.66. The molecule has 0 aliphatic rings. The summed E-state index contributed by atoms with van der Waals surface area (Å²) in [5.41, 5.74) is 0.347.